The molecular formula is C7H9N5O3. The van der Waals surface area contributed by atoms with Crippen LogP contribution in [0.25, 0.3) is 0 Å². The van der Waals surface area contributed by atoms with Crippen LogP contribution in [0, 0.1) is 23.2 Å². The molecule has 8 nitrogen and oxygen atoms in total. The van der Waals surface area contributed by atoms with Gasteiger partial charge >= 0.3 is 0 Å². The Bertz CT molecular complexity index is 286. The number of hydrogen-bond acceptors (Lipinski definition) is 7. The number of H-pyrrole nitrogens is 1. The van der Waals surface area contributed by atoms with Crippen molar-refractivity contribution in [1.82, 2.24) is 9.97 Å². The van der Waals surface area contributed by atoms with Crippen molar-refractivity contribution in [2.45, 2.75) is 6.92 Å². The normalized spacial score (nSPS) is 5.13. The second-order valence-corrected chi connectivity index (χ2v) is 1.48. The Hall–Kier alpha value is -2.65. The first kappa shape index (κ1) is 18.2. The first-order valence-corrected chi connectivity index (χ1v) is 3.22. The van der Waals surface area contributed by atoms with Gasteiger partial charge in [-0.05, 0) is 6.92 Å². The molecule has 0 fully saturated rings. The molecule has 4 N–H and O–H groups in total. The van der Waals surface area contributed by atoms with Crippen molar-refractivity contribution in [1.29, 1.82) is 16.2 Å². The molecule has 0 aromatic carbocycles. The molecule has 0 radical (unpaired) electrons. The van der Waals surface area contributed by atoms with Crippen LogP contribution in [0.5, 0.6) is 0 Å². The zero-order valence-electron chi connectivity index (χ0n) is 7.83. The summed E-state index contributed by atoms with van der Waals surface area (Å²) in [6, 6.07) is 0. The van der Waals surface area contributed by atoms with Crippen LogP contribution in [0.1, 0.15) is 5.82 Å². The number of aromatic amines is 1. The van der Waals surface area contributed by atoms with Crippen molar-refractivity contribution in [3.05, 3.63) is 18.2 Å². The fraction of sp³-hybridized carbons (Fsp3) is 0.143. The number of imidazole rings is 1. The first-order valence-electron chi connectivity index (χ1n) is 3.22. The number of aryl methyl sites for hydroxylation is 1. The van der Waals surface area contributed by atoms with Gasteiger partial charge in [0.05, 0.1) is 0 Å². The molecule has 0 aliphatic carbocycles. The third kappa shape index (κ3) is 52.4. The second-order valence-electron chi connectivity index (χ2n) is 1.48. The Morgan fingerprint density at radius 2 is 1.47 bits per heavy atom. The minimum atomic E-state index is 0.750. The fourth-order valence-corrected chi connectivity index (χ4v) is 0.344. The summed E-state index contributed by atoms with van der Waals surface area (Å²) in [5.41, 5.74) is 0. The van der Waals surface area contributed by atoms with Crippen LogP contribution < -0.4 is 0 Å². The number of nitrogens with one attached hydrogen (secondary N) is 4. The maximum absolute atomic E-state index is 8.35. The van der Waals surface area contributed by atoms with E-state index in [2.05, 4.69) is 9.97 Å². The fourth-order valence-electron chi connectivity index (χ4n) is 0.344. The van der Waals surface area contributed by atoms with Gasteiger partial charge in [0, 0.05) is 12.4 Å². The molecule has 1 heterocycles. The van der Waals surface area contributed by atoms with E-state index in [-0.39, 0.29) is 0 Å². The van der Waals surface area contributed by atoms with Crippen LogP contribution >= 0.6 is 0 Å². The molecule has 0 amide bonds. The quantitative estimate of drug-likeness (QED) is 0.363. The van der Waals surface area contributed by atoms with E-state index in [0.29, 0.717) is 0 Å². The lowest BCUT2D eigenvalue weighted by molar-refractivity contribution is 0.562. The van der Waals surface area contributed by atoms with Gasteiger partial charge in [0.1, 0.15) is 5.82 Å². The van der Waals surface area contributed by atoms with Gasteiger partial charge < -0.3 is 4.98 Å². The Kier molecular flexibility index (Phi) is 27.3. The van der Waals surface area contributed by atoms with E-state index in [1.807, 2.05) is 6.92 Å². The van der Waals surface area contributed by atoms with Crippen molar-refractivity contribution in [3.63, 3.8) is 0 Å². The average molecular weight is 211 g/mol. The summed E-state index contributed by atoms with van der Waals surface area (Å²) in [7, 11) is 0. The molecule has 1 aromatic rings. The monoisotopic (exact) mass is 211 g/mol. The van der Waals surface area contributed by atoms with Gasteiger partial charge in [-0.1, -0.05) is 0 Å². The first-order chi connectivity index (χ1) is 7.14. The van der Waals surface area contributed by atoms with Crippen molar-refractivity contribution >= 4 is 18.2 Å². The lowest BCUT2D eigenvalue weighted by Crippen LogP contribution is -1.66. The molecule has 0 spiro atoms. The third-order valence-electron chi connectivity index (χ3n) is 0.635. The SMILES string of the molecule is Cc1ncc[nH]1.N=C=O.N=C=O.N=C=O. The minimum Gasteiger partial charge on any atom is -0.349 e. The number of nitrogens with zero attached hydrogens (tertiary/aromatic N) is 1. The van der Waals surface area contributed by atoms with Crippen LogP contribution in [0.3, 0.4) is 0 Å². The maximum atomic E-state index is 8.35. The number of carbonyl (C=O) groups excluding carboxylic acids is 3. The van der Waals surface area contributed by atoms with Gasteiger partial charge in [-0.3, -0.25) is 0 Å². The summed E-state index contributed by atoms with van der Waals surface area (Å²) < 4.78 is 0. The third-order valence-corrected chi connectivity index (χ3v) is 0.635. The number of isocyanates is 3. The van der Waals surface area contributed by atoms with Gasteiger partial charge in [0.2, 0.25) is 18.2 Å². The van der Waals surface area contributed by atoms with E-state index < -0.39 is 0 Å². The average Bonchev–Trinajstić information content (AvgIpc) is 2.60. The van der Waals surface area contributed by atoms with Gasteiger partial charge in [-0.2, -0.15) is 0 Å². The summed E-state index contributed by atoms with van der Waals surface area (Å²) in [6.07, 6.45) is 5.78. The molecule has 15 heavy (non-hydrogen) atoms. The Labute approximate surface area is 84.9 Å². The predicted octanol–water partition coefficient (Wildman–Crippen LogP) is 0.421. The van der Waals surface area contributed by atoms with Gasteiger partial charge in [0.15, 0.2) is 0 Å². The highest BCUT2D eigenvalue weighted by Crippen LogP contribution is 1.78. The van der Waals surface area contributed by atoms with Crippen molar-refractivity contribution < 1.29 is 14.4 Å². The number of rotatable bonds is 0. The highest BCUT2D eigenvalue weighted by molar-refractivity contribution is 5.26. The van der Waals surface area contributed by atoms with Crippen LogP contribution in [-0.2, 0) is 14.4 Å². The standard InChI is InChI=1S/C4H6N2.3CHNO/c1-4-5-2-3-6-4;3*2-1-3/h2-3H,1H3,(H,5,6);3*2H. The maximum Gasteiger partial charge on any atom is 0.231 e. The molecule has 0 saturated carbocycles. The van der Waals surface area contributed by atoms with Gasteiger partial charge in [-0.15, -0.1) is 0 Å². The lowest BCUT2D eigenvalue weighted by atomic mass is 10.8. The zero-order valence-corrected chi connectivity index (χ0v) is 7.83. The van der Waals surface area contributed by atoms with Crippen LogP contribution in [0.4, 0.5) is 0 Å². The van der Waals surface area contributed by atoms with E-state index in [9.17, 15) is 0 Å². The van der Waals surface area contributed by atoms with Crippen LogP contribution in [0.15, 0.2) is 12.4 Å². The zero-order chi connectivity index (χ0) is 12.5. The van der Waals surface area contributed by atoms with E-state index in [1.165, 1.54) is 0 Å². The molecule has 0 saturated heterocycles. The van der Waals surface area contributed by atoms with E-state index in [1.54, 1.807) is 12.4 Å². The Balaban J connectivity index is -0.000000140. The summed E-state index contributed by atoms with van der Waals surface area (Å²) >= 11 is 0. The van der Waals surface area contributed by atoms with Crippen molar-refractivity contribution in [3.8, 4) is 0 Å². The van der Waals surface area contributed by atoms with Crippen LogP contribution in [0.2, 0.25) is 0 Å². The lowest BCUT2D eigenvalue weighted by Gasteiger charge is -1.68. The summed E-state index contributed by atoms with van der Waals surface area (Å²) in [5.74, 6) is 0.968. The summed E-state index contributed by atoms with van der Waals surface area (Å²) in [4.78, 5) is 31.8. The van der Waals surface area contributed by atoms with Crippen molar-refractivity contribution in [2.75, 3.05) is 0 Å². The largest absolute Gasteiger partial charge is 0.349 e. The van der Waals surface area contributed by atoms with Gasteiger partial charge in [-0.25, -0.2) is 35.6 Å². The molecular weight excluding hydrogens is 202 g/mol. The molecule has 1 aromatic heterocycles. The summed E-state index contributed by atoms with van der Waals surface area (Å²) in [5, 5.41) is 16.2. The molecule has 0 bridgehead atoms. The summed E-state index contributed by atoms with van der Waals surface area (Å²) in [6.45, 7) is 1.92. The smallest absolute Gasteiger partial charge is 0.231 e. The molecule has 80 valence electrons. The molecule has 0 aliphatic rings. The molecule has 0 unspecified atom stereocenters. The number of hydrogen-bond donors (Lipinski definition) is 4. The topological polar surface area (TPSA) is 151 Å². The highest BCUT2D eigenvalue weighted by Gasteiger charge is 1.73. The molecule has 0 atom stereocenters. The molecule has 8 heteroatoms. The Morgan fingerprint density at radius 1 is 1.13 bits per heavy atom. The van der Waals surface area contributed by atoms with E-state index in [0.717, 1.165) is 24.1 Å². The van der Waals surface area contributed by atoms with E-state index in [4.69, 9.17) is 30.6 Å². The minimum absolute atomic E-state index is 0.750. The molecule has 1 rings (SSSR count). The predicted molar refractivity (Wildman–Crippen MR) is 48.6 cm³/mol. The van der Waals surface area contributed by atoms with E-state index >= 15 is 0 Å². The van der Waals surface area contributed by atoms with Crippen LogP contribution in [-0.4, -0.2) is 28.2 Å². The van der Waals surface area contributed by atoms with Gasteiger partial charge in [0.25, 0.3) is 0 Å². The highest BCUT2D eigenvalue weighted by atomic mass is 16.1. The second kappa shape index (κ2) is 22.5. The van der Waals surface area contributed by atoms with Crippen molar-refractivity contribution in [2.24, 2.45) is 0 Å². The number of aromatic nitrogens is 2. The Morgan fingerprint density at radius 3 is 1.53 bits per heavy atom. The molecule has 0 aliphatic heterocycles.